The molecule has 12 heavy (non-hydrogen) atoms. The number of hydrogen-bond donors (Lipinski definition) is 1. The Morgan fingerprint density at radius 3 is 2.42 bits per heavy atom. The van der Waals surface area contributed by atoms with E-state index in [0.29, 0.717) is 0 Å². The van der Waals surface area contributed by atoms with Crippen LogP contribution < -0.4 is 0 Å². The van der Waals surface area contributed by atoms with Gasteiger partial charge in [0.25, 0.3) is 0 Å². The maximum atomic E-state index is 10.5. The van der Waals surface area contributed by atoms with Crippen LogP contribution in [0.1, 0.15) is 27.2 Å². The first-order valence-electron chi connectivity index (χ1n) is 3.71. The summed E-state index contributed by atoms with van der Waals surface area (Å²) in [6.07, 6.45) is 4.20. The number of aliphatic carboxylic acids is 1. The molecule has 0 aliphatic rings. The summed E-state index contributed by atoms with van der Waals surface area (Å²) in [5.74, 6) is 1.25. The predicted octanol–water partition coefficient (Wildman–Crippen LogP) is 1.28. The van der Waals surface area contributed by atoms with Gasteiger partial charge in [-0.1, -0.05) is 0 Å². The molecule has 0 radical (unpaired) electrons. The molecule has 0 aromatic heterocycles. The Bertz CT molecular complexity index is 195. The normalized spacial score (nSPS) is 13.5. The molecule has 0 spiro atoms. The van der Waals surface area contributed by atoms with Gasteiger partial charge in [-0.15, -0.1) is 12.3 Å². The molecule has 0 aromatic rings. The van der Waals surface area contributed by atoms with E-state index in [2.05, 4.69) is 5.92 Å². The van der Waals surface area contributed by atoms with Crippen LogP contribution in [0.5, 0.6) is 0 Å². The molecule has 0 heterocycles. The molecule has 0 aliphatic carbocycles. The van der Waals surface area contributed by atoms with E-state index >= 15 is 0 Å². The number of carboxylic acids is 1. The highest BCUT2D eigenvalue weighted by atomic mass is 16.5. The predicted molar refractivity (Wildman–Crippen MR) is 45.7 cm³/mol. The van der Waals surface area contributed by atoms with Gasteiger partial charge in [-0.05, 0) is 20.8 Å². The molecule has 1 unspecified atom stereocenters. The minimum Gasteiger partial charge on any atom is -0.479 e. The average Bonchev–Trinajstić information content (AvgIpc) is 1.83. The minimum atomic E-state index is -1.01. The van der Waals surface area contributed by atoms with Crippen molar-refractivity contribution in [1.29, 1.82) is 0 Å². The van der Waals surface area contributed by atoms with E-state index in [1.165, 1.54) is 0 Å². The molecule has 3 nitrogen and oxygen atoms in total. The van der Waals surface area contributed by atoms with Crippen LogP contribution in [-0.2, 0) is 9.53 Å². The standard InChI is InChI=1S/C9H14O3/c1-5-6-7(8(10)11)12-9(2,3)4/h1,7H,6H2,2-4H3,(H,10,11). The quantitative estimate of drug-likeness (QED) is 0.649. The lowest BCUT2D eigenvalue weighted by Crippen LogP contribution is -2.32. The summed E-state index contributed by atoms with van der Waals surface area (Å²) in [6.45, 7) is 5.37. The monoisotopic (exact) mass is 170 g/mol. The molecule has 0 aromatic carbocycles. The van der Waals surface area contributed by atoms with Gasteiger partial charge in [0.2, 0.25) is 0 Å². The van der Waals surface area contributed by atoms with E-state index in [4.69, 9.17) is 16.3 Å². The van der Waals surface area contributed by atoms with Crippen molar-refractivity contribution < 1.29 is 14.6 Å². The van der Waals surface area contributed by atoms with Crippen LogP contribution >= 0.6 is 0 Å². The largest absolute Gasteiger partial charge is 0.479 e. The van der Waals surface area contributed by atoms with Crippen LogP contribution in [0.4, 0.5) is 0 Å². The average molecular weight is 170 g/mol. The Labute approximate surface area is 72.7 Å². The molecule has 0 amide bonds. The summed E-state index contributed by atoms with van der Waals surface area (Å²) >= 11 is 0. The van der Waals surface area contributed by atoms with Gasteiger partial charge in [0, 0.05) is 6.42 Å². The Morgan fingerprint density at radius 1 is 1.67 bits per heavy atom. The molecule has 0 saturated heterocycles. The smallest absolute Gasteiger partial charge is 0.333 e. The van der Waals surface area contributed by atoms with Crippen LogP contribution in [0.3, 0.4) is 0 Å². The van der Waals surface area contributed by atoms with Gasteiger partial charge < -0.3 is 9.84 Å². The van der Waals surface area contributed by atoms with Crippen molar-refractivity contribution in [2.75, 3.05) is 0 Å². The van der Waals surface area contributed by atoms with Crippen molar-refractivity contribution in [3.05, 3.63) is 0 Å². The molecule has 0 bridgehead atoms. The number of carbonyl (C=O) groups is 1. The number of rotatable bonds is 3. The first-order valence-corrected chi connectivity index (χ1v) is 3.71. The van der Waals surface area contributed by atoms with E-state index < -0.39 is 17.7 Å². The molecule has 1 atom stereocenters. The summed E-state index contributed by atoms with van der Waals surface area (Å²) in [5, 5.41) is 8.65. The third kappa shape index (κ3) is 4.75. The van der Waals surface area contributed by atoms with Gasteiger partial charge in [-0.25, -0.2) is 4.79 Å². The zero-order valence-electron chi connectivity index (χ0n) is 7.63. The SMILES string of the molecule is C#CCC(OC(C)(C)C)C(=O)O. The number of terminal acetylenes is 1. The van der Waals surface area contributed by atoms with E-state index in [0.717, 1.165) is 0 Å². The topological polar surface area (TPSA) is 46.5 Å². The molecule has 1 N–H and O–H groups in total. The minimum absolute atomic E-state index is 0.104. The lowest BCUT2D eigenvalue weighted by molar-refractivity contribution is -0.159. The molecular weight excluding hydrogens is 156 g/mol. The fraction of sp³-hybridized carbons (Fsp3) is 0.667. The van der Waals surface area contributed by atoms with E-state index in [1.807, 2.05) is 0 Å². The Morgan fingerprint density at radius 2 is 2.17 bits per heavy atom. The molecular formula is C9H14O3. The highest BCUT2D eigenvalue weighted by Gasteiger charge is 2.23. The van der Waals surface area contributed by atoms with E-state index in [1.54, 1.807) is 20.8 Å². The van der Waals surface area contributed by atoms with Crippen molar-refractivity contribution in [2.45, 2.75) is 38.9 Å². The Kier molecular flexibility index (Phi) is 3.78. The lowest BCUT2D eigenvalue weighted by atomic mass is 10.1. The fourth-order valence-electron chi connectivity index (χ4n) is 0.713. The van der Waals surface area contributed by atoms with Gasteiger partial charge in [0.15, 0.2) is 6.10 Å². The van der Waals surface area contributed by atoms with Crippen LogP contribution in [0, 0.1) is 12.3 Å². The second kappa shape index (κ2) is 4.13. The van der Waals surface area contributed by atoms with Crippen molar-refractivity contribution in [2.24, 2.45) is 0 Å². The Balaban J connectivity index is 4.16. The van der Waals surface area contributed by atoms with Gasteiger partial charge in [0.05, 0.1) is 5.60 Å². The van der Waals surface area contributed by atoms with Gasteiger partial charge in [-0.3, -0.25) is 0 Å². The van der Waals surface area contributed by atoms with Crippen molar-refractivity contribution >= 4 is 5.97 Å². The first kappa shape index (κ1) is 11.0. The maximum absolute atomic E-state index is 10.5. The molecule has 0 aliphatic heterocycles. The molecule has 0 fully saturated rings. The van der Waals surface area contributed by atoms with Crippen molar-refractivity contribution in [1.82, 2.24) is 0 Å². The molecule has 0 rings (SSSR count). The molecule has 0 saturated carbocycles. The highest BCUT2D eigenvalue weighted by Crippen LogP contribution is 2.12. The van der Waals surface area contributed by atoms with Crippen LogP contribution in [0.15, 0.2) is 0 Å². The summed E-state index contributed by atoms with van der Waals surface area (Å²) in [4.78, 5) is 10.5. The number of ether oxygens (including phenoxy) is 1. The number of carboxylic acid groups (broad SMARTS) is 1. The van der Waals surface area contributed by atoms with E-state index in [-0.39, 0.29) is 6.42 Å². The first-order chi connectivity index (χ1) is 5.37. The zero-order valence-corrected chi connectivity index (χ0v) is 7.63. The number of hydrogen-bond acceptors (Lipinski definition) is 2. The lowest BCUT2D eigenvalue weighted by Gasteiger charge is -2.23. The van der Waals surface area contributed by atoms with Crippen molar-refractivity contribution in [3.8, 4) is 12.3 Å². The second-order valence-corrected chi connectivity index (χ2v) is 3.47. The summed E-state index contributed by atoms with van der Waals surface area (Å²) in [6, 6.07) is 0. The summed E-state index contributed by atoms with van der Waals surface area (Å²) < 4.78 is 5.20. The van der Waals surface area contributed by atoms with Crippen LogP contribution in [0.25, 0.3) is 0 Å². The van der Waals surface area contributed by atoms with Crippen LogP contribution in [0.2, 0.25) is 0 Å². The zero-order chi connectivity index (χ0) is 9.78. The van der Waals surface area contributed by atoms with Crippen molar-refractivity contribution in [3.63, 3.8) is 0 Å². The van der Waals surface area contributed by atoms with E-state index in [9.17, 15) is 4.79 Å². The second-order valence-electron chi connectivity index (χ2n) is 3.47. The van der Waals surface area contributed by atoms with Gasteiger partial charge in [0.1, 0.15) is 0 Å². The third-order valence-corrected chi connectivity index (χ3v) is 1.07. The summed E-state index contributed by atoms with van der Waals surface area (Å²) in [7, 11) is 0. The third-order valence-electron chi connectivity index (χ3n) is 1.07. The fourth-order valence-corrected chi connectivity index (χ4v) is 0.713. The maximum Gasteiger partial charge on any atom is 0.333 e. The van der Waals surface area contributed by atoms with Gasteiger partial charge >= 0.3 is 5.97 Å². The Hall–Kier alpha value is -1.01. The highest BCUT2D eigenvalue weighted by molar-refractivity contribution is 5.72. The summed E-state index contributed by atoms with van der Waals surface area (Å²) in [5.41, 5.74) is -0.472. The molecule has 3 heteroatoms. The molecule has 68 valence electrons. The van der Waals surface area contributed by atoms with Gasteiger partial charge in [-0.2, -0.15) is 0 Å². The van der Waals surface area contributed by atoms with Crippen LogP contribution in [-0.4, -0.2) is 22.8 Å².